The average Bonchev–Trinajstić information content (AvgIpc) is 2.57. The number of benzene rings is 1. The van der Waals surface area contributed by atoms with Gasteiger partial charge in [-0.3, -0.25) is 14.6 Å². The lowest BCUT2D eigenvalue weighted by molar-refractivity contribution is -0.136. The van der Waals surface area contributed by atoms with E-state index < -0.39 is 11.8 Å². The van der Waals surface area contributed by atoms with E-state index in [0.717, 1.165) is 16.9 Å². The maximum absolute atomic E-state index is 11.8. The van der Waals surface area contributed by atoms with Crippen molar-refractivity contribution >= 4 is 17.5 Å². The number of ether oxygens (including phenoxy) is 1. The third-order valence-electron chi connectivity index (χ3n) is 3.35. The van der Waals surface area contributed by atoms with Crippen LogP contribution >= 0.6 is 0 Å². The van der Waals surface area contributed by atoms with Crippen LogP contribution < -0.4 is 15.4 Å². The number of anilines is 1. The van der Waals surface area contributed by atoms with Crippen LogP contribution in [0, 0.1) is 6.92 Å². The largest absolute Gasteiger partial charge is 0.497 e. The second-order valence-corrected chi connectivity index (χ2v) is 5.00. The molecule has 120 valence electrons. The molecule has 2 N–H and O–H groups in total. The summed E-state index contributed by atoms with van der Waals surface area (Å²) < 4.78 is 5.08. The molecule has 1 aromatic heterocycles. The summed E-state index contributed by atoms with van der Waals surface area (Å²) in [7, 11) is 1.61. The molecule has 0 spiro atoms. The molecular formula is C17H19N3O3. The Morgan fingerprint density at radius 2 is 1.87 bits per heavy atom. The number of pyridine rings is 1. The van der Waals surface area contributed by atoms with E-state index in [-0.39, 0.29) is 0 Å². The van der Waals surface area contributed by atoms with Gasteiger partial charge in [-0.15, -0.1) is 0 Å². The molecule has 1 heterocycles. The Labute approximate surface area is 134 Å². The van der Waals surface area contributed by atoms with E-state index in [1.54, 1.807) is 19.4 Å². The topological polar surface area (TPSA) is 80.3 Å². The van der Waals surface area contributed by atoms with Gasteiger partial charge in [0.2, 0.25) is 0 Å². The fourth-order valence-electron chi connectivity index (χ4n) is 1.97. The van der Waals surface area contributed by atoms with Gasteiger partial charge in [0.25, 0.3) is 0 Å². The number of nitrogens with zero attached hydrogens (tertiary/aromatic N) is 1. The van der Waals surface area contributed by atoms with Crippen molar-refractivity contribution in [2.75, 3.05) is 19.0 Å². The molecule has 0 fully saturated rings. The number of hydrogen-bond donors (Lipinski definition) is 2. The van der Waals surface area contributed by atoms with Gasteiger partial charge in [-0.1, -0.05) is 12.1 Å². The van der Waals surface area contributed by atoms with Gasteiger partial charge >= 0.3 is 11.8 Å². The van der Waals surface area contributed by atoms with E-state index in [9.17, 15) is 9.59 Å². The predicted molar refractivity (Wildman–Crippen MR) is 87.3 cm³/mol. The maximum atomic E-state index is 11.8. The standard InChI is InChI=1S/C17H19N3O3/c1-12-7-9-18-11-15(12)20-17(22)16(21)19-10-8-13-3-5-14(23-2)6-4-13/h3-7,9,11H,8,10H2,1-2H3,(H,19,21)(H,20,22). The molecule has 2 aromatic rings. The van der Waals surface area contributed by atoms with E-state index >= 15 is 0 Å². The van der Waals surface area contributed by atoms with Gasteiger partial charge in [-0.2, -0.15) is 0 Å². The first-order valence-electron chi connectivity index (χ1n) is 7.23. The minimum Gasteiger partial charge on any atom is -0.497 e. The van der Waals surface area contributed by atoms with Gasteiger partial charge in [-0.25, -0.2) is 0 Å². The lowest BCUT2D eigenvalue weighted by atomic mass is 10.1. The summed E-state index contributed by atoms with van der Waals surface area (Å²) in [5, 5.41) is 5.14. The molecule has 0 aliphatic heterocycles. The zero-order chi connectivity index (χ0) is 16.7. The molecule has 0 unspecified atom stereocenters. The summed E-state index contributed by atoms with van der Waals surface area (Å²) in [5.74, 6) is -0.582. The highest BCUT2D eigenvalue weighted by atomic mass is 16.5. The smallest absolute Gasteiger partial charge is 0.313 e. The van der Waals surface area contributed by atoms with Crippen molar-refractivity contribution in [2.24, 2.45) is 0 Å². The molecule has 0 saturated carbocycles. The first-order chi connectivity index (χ1) is 11.1. The number of carbonyl (C=O) groups excluding carboxylic acids is 2. The fourth-order valence-corrected chi connectivity index (χ4v) is 1.97. The van der Waals surface area contributed by atoms with E-state index in [1.165, 1.54) is 6.20 Å². The van der Waals surface area contributed by atoms with Crippen LogP contribution in [0.15, 0.2) is 42.7 Å². The van der Waals surface area contributed by atoms with E-state index in [4.69, 9.17) is 4.74 Å². The summed E-state index contributed by atoms with van der Waals surface area (Å²) >= 11 is 0. The molecule has 0 saturated heterocycles. The molecule has 0 atom stereocenters. The van der Waals surface area contributed by atoms with E-state index in [2.05, 4.69) is 15.6 Å². The highest BCUT2D eigenvalue weighted by molar-refractivity contribution is 6.39. The summed E-state index contributed by atoms with van der Waals surface area (Å²) in [4.78, 5) is 27.5. The first-order valence-corrected chi connectivity index (χ1v) is 7.23. The molecule has 2 amide bonds. The SMILES string of the molecule is COc1ccc(CCNC(=O)C(=O)Nc2cnccc2C)cc1. The highest BCUT2D eigenvalue weighted by Crippen LogP contribution is 2.12. The van der Waals surface area contributed by atoms with Crippen molar-refractivity contribution in [3.05, 3.63) is 53.9 Å². The lowest BCUT2D eigenvalue weighted by Crippen LogP contribution is -2.36. The van der Waals surface area contributed by atoms with Crippen molar-refractivity contribution in [1.29, 1.82) is 0 Å². The molecule has 0 aliphatic carbocycles. The van der Waals surface area contributed by atoms with Gasteiger partial charge < -0.3 is 15.4 Å². The predicted octanol–water partition coefficient (Wildman–Crippen LogP) is 1.70. The van der Waals surface area contributed by atoms with E-state index in [1.807, 2.05) is 31.2 Å². The summed E-state index contributed by atoms with van der Waals surface area (Å²) in [5.41, 5.74) is 2.43. The van der Waals surface area contributed by atoms with Gasteiger partial charge in [0.1, 0.15) is 5.75 Å². The van der Waals surface area contributed by atoms with Crippen LogP contribution in [-0.4, -0.2) is 30.5 Å². The lowest BCUT2D eigenvalue weighted by Gasteiger charge is -2.08. The Bertz CT molecular complexity index is 684. The Balaban J connectivity index is 1.79. The molecular weight excluding hydrogens is 294 g/mol. The van der Waals surface area contributed by atoms with Gasteiger partial charge in [0, 0.05) is 12.7 Å². The Hall–Kier alpha value is -2.89. The van der Waals surface area contributed by atoms with Gasteiger partial charge in [-0.05, 0) is 42.7 Å². The minimum absolute atomic E-state index is 0.380. The zero-order valence-corrected chi connectivity index (χ0v) is 13.1. The second-order valence-electron chi connectivity index (χ2n) is 5.00. The number of nitrogens with one attached hydrogen (secondary N) is 2. The third kappa shape index (κ3) is 4.81. The maximum Gasteiger partial charge on any atom is 0.313 e. The molecule has 0 aliphatic rings. The first kappa shape index (κ1) is 16.5. The van der Waals surface area contributed by atoms with Crippen LogP contribution in [-0.2, 0) is 16.0 Å². The molecule has 6 heteroatoms. The van der Waals surface area contributed by atoms with Gasteiger partial charge in [0.05, 0.1) is 19.0 Å². The van der Waals surface area contributed by atoms with Crippen LogP contribution in [0.1, 0.15) is 11.1 Å². The fraction of sp³-hybridized carbons (Fsp3) is 0.235. The minimum atomic E-state index is -0.698. The van der Waals surface area contributed by atoms with Crippen LogP contribution in [0.5, 0.6) is 5.75 Å². The van der Waals surface area contributed by atoms with Crippen molar-refractivity contribution in [3.8, 4) is 5.75 Å². The van der Waals surface area contributed by atoms with Crippen molar-refractivity contribution in [3.63, 3.8) is 0 Å². The highest BCUT2D eigenvalue weighted by Gasteiger charge is 2.14. The number of amides is 2. The molecule has 1 aromatic carbocycles. The Kier molecular flexibility index (Phi) is 5.68. The number of hydrogen-bond acceptors (Lipinski definition) is 4. The van der Waals surface area contributed by atoms with Gasteiger partial charge in [0.15, 0.2) is 0 Å². The van der Waals surface area contributed by atoms with Crippen LogP contribution in [0.25, 0.3) is 0 Å². The molecule has 2 rings (SSSR count). The monoisotopic (exact) mass is 313 g/mol. The molecule has 0 bridgehead atoms. The van der Waals surface area contributed by atoms with Crippen LogP contribution in [0.2, 0.25) is 0 Å². The molecule has 0 radical (unpaired) electrons. The number of aryl methyl sites for hydroxylation is 1. The van der Waals surface area contributed by atoms with Crippen molar-refractivity contribution in [1.82, 2.24) is 10.3 Å². The summed E-state index contributed by atoms with van der Waals surface area (Å²) in [6.07, 6.45) is 3.77. The zero-order valence-electron chi connectivity index (χ0n) is 13.1. The number of methoxy groups -OCH3 is 1. The Morgan fingerprint density at radius 3 is 2.52 bits per heavy atom. The van der Waals surface area contributed by atoms with Crippen molar-refractivity contribution < 1.29 is 14.3 Å². The van der Waals surface area contributed by atoms with Crippen LogP contribution in [0.3, 0.4) is 0 Å². The third-order valence-corrected chi connectivity index (χ3v) is 3.35. The second kappa shape index (κ2) is 7.93. The quantitative estimate of drug-likeness (QED) is 0.823. The Morgan fingerprint density at radius 1 is 1.13 bits per heavy atom. The number of aromatic nitrogens is 1. The number of rotatable bonds is 5. The van der Waals surface area contributed by atoms with E-state index in [0.29, 0.717) is 18.7 Å². The molecule has 6 nitrogen and oxygen atoms in total. The summed E-state index contributed by atoms with van der Waals surface area (Å²) in [6.45, 7) is 2.21. The van der Waals surface area contributed by atoms with Crippen molar-refractivity contribution in [2.45, 2.75) is 13.3 Å². The average molecular weight is 313 g/mol. The van der Waals surface area contributed by atoms with Crippen LogP contribution in [0.4, 0.5) is 5.69 Å². The number of carbonyl (C=O) groups is 2. The normalized spacial score (nSPS) is 10.0. The summed E-state index contributed by atoms with van der Waals surface area (Å²) in [6, 6.07) is 9.31. The molecule has 23 heavy (non-hydrogen) atoms.